The molecule has 0 spiro atoms. The SMILES string of the molecule is CN(C)C(=O)Cc1nc(-c2ccc(F)c(F)c2)cs1. The van der Waals surface area contributed by atoms with Crippen LogP contribution in [0, 0.1) is 11.6 Å². The predicted molar refractivity (Wildman–Crippen MR) is 69.9 cm³/mol. The Bertz CT molecular complexity index is 610. The van der Waals surface area contributed by atoms with E-state index in [4.69, 9.17) is 0 Å². The number of hydrogen-bond donors (Lipinski definition) is 0. The van der Waals surface area contributed by atoms with E-state index in [0.29, 0.717) is 16.3 Å². The summed E-state index contributed by atoms with van der Waals surface area (Å²) < 4.78 is 26.0. The smallest absolute Gasteiger partial charge is 0.228 e. The zero-order valence-corrected chi connectivity index (χ0v) is 11.3. The van der Waals surface area contributed by atoms with E-state index in [0.717, 1.165) is 12.1 Å². The molecule has 2 rings (SSSR count). The van der Waals surface area contributed by atoms with Gasteiger partial charge in [0.25, 0.3) is 0 Å². The second-order valence-corrected chi connectivity index (χ2v) is 5.16. The molecule has 0 N–H and O–H groups in total. The molecule has 0 atom stereocenters. The molecule has 0 fully saturated rings. The third-order valence-electron chi connectivity index (χ3n) is 2.57. The van der Waals surface area contributed by atoms with Gasteiger partial charge in [-0.25, -0.2) is 13.8 Å². The minimum Gasteiger partial charge on any atom is -0.348 e. The van der Waals surface area contributed by atoms with Crippen molar-refractivity contribution in [2.75, 3.05) is 14.1 Å². The van der Waals surface area contributed by atoms with Gasteiger partial charge in [0.1, 0.15) is 5.01 Å². The first kappa shape index (κ1) is 13.6. The Kier molecular flexibility index (Phi) is 3.90. The van der Waals surface area contributed by atoms with Gasteiger partial charge in [-0.1, -0.05) is 0 Å². The van der Waals surface area contributed by atoms with Crippen LogP contribution < -0.4 is 0 Å². The summed E-state index contributed by atoms with van der Waals surface area (Å²) in [5.74, 6) is -1.84. The molecule has 0 bridgehead atoms. The lowest BCUT2D eigenvalue weighted by Crippen LogP contribution is -2.23. The molecule has 1 aromatic carbocycles. The largest absolute Gasteiger partial charge is 0.348 e. The van der Waals surface area contributed by atoms with Gasteiger partial charge in [-0.05, 0) is 18.2 Å². The third kappa shape index (κ3) is 3.14. The van der Waals surface area contributed by atoms with Gasteiger partial charge in [-0.15, -0.1) is 11.3 Å². The van der Waals surface area contributed by atoms with Crippen molar-refractivity contribution in [2.24, 2.45) is 0 Å². The molecular formula is C13H12F2N2OS. The summed E-state index contributed by atoms with van der Waals surface area (Å²) >= 11 is 1.33. The summed E-state index contributed by atoms with van der Waals surface area (Å²) in [4.78, 5) is 17.3. The maximum Gasteiger partial charge on any atom is 0.228 e. The average Bonchev–Trinajstić information content (AvgIpc) is 2.81. The van der Waals surface area contributed by atoms with E-state index in [-0.39, 0.29) is 12.3 Å². The summed E-state index contributed by atoms with van der Waals surface area (Å²) in [6, 6.07) is 3.63. The van der Waals surface area contributed by atoms with Crippen LogP contribution in [0.15, 0.2) is 23.6 Å². The van der Waals surface area contributed by atoms with Crippen molar-refractivity contribution in [3.8, 4) is 11.3 Å². The van der Waals surface area contributed by atoms with Gasteiger partial charge in [0.2, 0.25) is 5.91 Å². The molecule has 0 aliphatic rings. The predicted octanol–water partition coefficient (Wildman–Crippen LogP) is 2.72. The number of thiazole rings is 1. The van der Waals surface area contributed by atoms with Gasteiger partial charge >= 0.3 is 0 Å². The van der Waals surface area contributed by atoms with E-state index in [1.807, 2.05) is 0 Å². The maximum absolute atomic E-state index is 13.1. The van der Waals surface area contributed by atoms with Gasteiger partial charge < -0.3 is 4.90 Å². The average molecular weight is 282 g/mol. The zero-order valence-electron chi connectivity index (χ0n) is 10.5. The highest BCUT2D eigenvalue weighted by atomic mass is 32.1. The minimum atomic E-state index is -0.906. The number of carbonyl (C=O) groups is 1. The molecule has 6 heteroatoms. The van der Waals surface area contributed by atoms with Crippen LogP contribution in [0.1, 0.15) is 5.01 Å². The molecule has 2 aromatic rings. The molecule has 0 aliphatic carbocycles. The van der Waals surface area contributed by atoms with Crippen LogP contribution >= 0.6 is 11.3 Å². The number of halogens is 2. The Morgan fingerprint density at radius 1 is 1.32 bits per heavy atom. The van der Waals surface area contributed by atoms with Gasteiger partial charge in [0.05, 0.1) is 12.1 Å². The highest BCUT2D eigenvalue weighted by Crippen LogP contribution is 2.23. The first-order valence-corrected chi connectivity index (χ1v) is 6.45. The van der Waals surface area contributed by atoms with E-state index < -0.39 is 11.6 Å². The summed E-state index contributed by atoms with van der Waals surface area (Å²) in [6.45, 7) is 0. The van der Waals surface area contributed by atoms with Crippen molar-refractivity contribution in [1.82, 2.24) is 9.88 Å². The van der Waals surface area contributed by atoms with E-state index >= 15 is 0 Å². The number of nitrogens with zero attached hydrogens (tertiary/aromatic N) is 2. The molecule has 0 aliphatic heterocycles. The molecule has 19 heavy (non-hydrogen) atoms. The molecule has 0 unspecified atom stereocenters. The molecule has 0 saturated heterocycles. The molecule has 0 radical (unpaired) electrons. The topological polar surface area (TPSA) is 33.2 Å². The maximum atomic E-state index is 13.1. The Morgan fingerprint density at radius 2 is 2.05 bits per heavy atom. The number of rotatable bonds is 3. The van der Waals surface area contributed by atoms with Crippen LogP contribution in [0.3, 0.4) is 0 Å². The number of benzene rings is 1. The third-order valence-corrected chi connectivity index (χ3v) is 3.42. The Labute approximate surface area is 113 Å². The van der Waals surface area contributed by atoms with Gasteiger partial charge in [0.15, 0.2) is 11.6 Å². The lowest BCUT2D eigenvalue weighted by atomic mass is 10.1. The van der Waals surface area contributed by atoms with Gasteiger partial charge in [0, 0.05) is 25.0 Å². The quantitative estimate of drug-likeness (QED) is 0.867. The number of carbonyl (C=O) groups excluding carboxylic acids is 1. The lowest BCUT2D eigenvalue weighted by molar-refractivity contribution is -0.127. The van der Waals surface area contributed by atoms with Crippen molar-refractivity contribution in [1.29, 1.82) is 0 Å². The fraction of sp³-hybridized carbons (Fsp3) is 0.231. The Morgan fingerprint density at radius 3 is 2.68 bits per heavy atom. The lowest BCUT2D eigenvalue weighted by Gasteiger charge is -2.07. The fourth-order valence-electron chi connectivity index (χ4n) is 1.47. The van der Waals surface area contributed by atoms with Crippen molar-refractivity contribution >= 4 is 17.2 Å². The van der Waals surface area contributed by atoms with Crippen molar-refractivity contribution in [2.45, 2.75) is 6.42 Å². The van der Waals surface area contributed by atoms with Crippen LogP contribution in [0.25, 0.3) is 11.3 Å². The molecule has 0 saturated carbocycles. The normalized spacial score (nSPS) is 10.5. The van der Waals surface area contributed by atoms with Crippen LogP contribution in [0.2, 0.25) is 0 Å². The van der Waals surface area contributed by atoms with E-state index in [1.165, 1.54) is 22.3 Å². The first-order valence-electron chi connectivity index (χ1n) is 5.57. The summed E-state index contributed by atoms with van der Waals surface area (Å²) in [6.07, 6.45) is 0.210. The standard InChI is InChI=1S/C13H12F2N2OS/c1-17(2)13(18)6-12-16-11(7-19-12)8-3-4-9(14)10(15)5-8/h3-5,7H,6H2,1-2H3. The molecule has 1 heterocycles. The molecule has 1 amide bonds. The van der Waals surface area contributed by atoms with E-state index in [2.05, 4.69) is 4.98 Å². The zero-order chi connectivity index (χ0) is 14.0. The highest BCUT2D eigenvalue weighted by Gasteiger charge is 2.11. The second kappa shape index (κ2) is 5.44. The highest BCUT2D eigenvalue weighted by molar-refractivity contribution is 7.10. The van der Waals surface area contributed by atoms with Gasteiger partial charge in [-0.2, -0.15) is 0 Å². The monoisotopic (exact) mass is 282 g/mol. The van der Waals surface area contributed by atoms with Crippen LogP contribution in [0.4, 0.5) is 8.78 Å². The summed E-state index contributed by atoms with van der Waals surface area (Å²) in [7, 11) is 3.35. The van der Waals surface area contributed by atoms with Crippen molar-refractivity contribution < 1.29 is 13.6 Å². The number of likely N-dealkylation sites (N-methyl/N-ethyl adjacent to an activating group) is 1. The van der Waals surface area contributed by atoms with Crippen LogP contribution in [-0.2, 0) is 11.2 Å². The number of aromatic nitrogens is 1. The number of hydrogen-bond acceptors (Lipinski definition) is 3. The van der Waals surface area contributed by atoms with E-state index in [1.54, 1.807) is 19.5 Å². The minimum absolute atomic E-state index is 0.0498. The Hall–Kier alpha value is -1.82. The van der Waals surface area contributed by atoms with Gasteiger partial charge in [-0.3, -0.25) is 4.79 Å². The van der Waals surface area contributed by atoms with Crippen molar-refractivity contribution in [3.63, 3.8) is 0 Å². The fourth-order valence-corrected chi connectivity index (χ4v) is 2.26. The molecule has 1 aromatic heterocycles. The second-order valence-electron chi connectivity index (χ2n) is 4.22. The summed E-state index contributed by atoms with van der Waals surface area (Å²) in [5.41, 5.74) is 1.05. The first-order chi connectivity index (χ1) is 8.97. The summed E-state index contributed by atoms with van der Waals surface area (Å²) in [5, 5.41) is 2.38. The molecule has 3 nitrogen and oxygen atoms in total. The molecule has 100 valence electrons. The van der Waals surface area contributed by atoms with Crippen molar-refractivity contribution in [3.05, 3.63) is 40.2 Å². The van der Waals surface area contributed by atoms with E-state index in [9.17, 15) is 13.6 Å². The van der Waals surface area contributed by atoms with Crippen LogP contribution in [-0.4, -0.2) is 29.9 Å². The van der Waals surface area contributed by atoms with Crippen LogP contribution in [0.5, 0.6) is 0 Å². The molecular weight excluding hydrogens is 270 g/mol. The Balaban J connectivity index is 2.21. The number of amides is 1.